The van der Waals surface area contributed by atoms with E-state index in [9.17, 15) is 0 Å². The summed E-state index contributed by atoms with van der Waals surface area (Å²) < 4.78 is 5.95. The number of ether oxygens (including phenoxy) is 1. The van der Waals surface area contributed by atoms with E-state index in [1.165, 1.54) is 37.2 Å². The molecule has 16 heavy (non-hydrogen) atoms. The largest absolute Gasteiger partial charge is 0.373 e. The van der Waals surface area contributed by atoms with Gasteiger partial charge in [-0.3, -0.25) is 0 Å². The molecule has 1 aliphatic carbocycles. The maximum atomic E-state index is 5.95. The molecule has 1 saturated carbocycles. The minimum atomic E-state index is 0.0241. The Labute approximate surface area is 104 Å². The Balaban J connectivity index is 1.61. The van der Waals surface area contributed by atoms with Crippen LogP contribution in [0.3, 0.4) is 0 Å². The van der Waals surface area contributed by atoms with Crippen molar-refractivity contribution in [3.8, 4) is 0 Å². The van der Waals surface area contributed by atoms with E-state index in [4.69, 9.17) is 4.74 Å². The van der Waals surface area contributed by atoms with E-state index in [2.05, 4.69) is 37.8 Å². The van der Waals surface area contributed by atoms with Gasteiger partial charge >= 0.3 is 0 Å². The summed E-state index contributed by atoms with van der Waals surface area (Å²) in [5.74, 6) is 2.67. The van der Waals surface area contributed by atoms with Crippen LogP contribution in [0.4, 0.5) is 0 Å². The highest BCUT2D eigenvalue weighted by molar-refractivity contribution is 7.99. The van der Waals surface area contributed by atoms with Gasteiger partial charge in [0.1, 0.15) is 0 Å². The summed E-state index contributed by atoms with van der Waals surface area (Å²) >= 11 is 2.10. The molecule has 0 aromatic heterocycles. The second-order valence-corrected chi connectivity index (χ2v) is 7.25. The van der Waals surface area contributed by atoms with Gasteiger partial charge in [0.25, 0.3) is 0 Å². The first-order chi connectivity index (χ1) is 7.53. The van der Waals surface area contributed by atoms with Crippen molar-refractivity contribution in [1.29, 1.82) is 0 Å². The third kappa shape index (κ3) is 3.94. The Morgan fingerprint density at radius 1 is 1.19 bits per heavy atom. The highest BCUT2D eigenvalue weighted by Gasteiger charge is 2.34. The van der Waals surface area contributed by atoms with Crippen LogP contribution in [0, 0.1) is 0 Å². The van der Waals surface area contributed by atoms with Crippen molar-refractivity contribution in [2.45, 2.75) is 70.2 Å². The molecule has 0 spiro atoms. The highest BCUT2D eigenvalue weighted by Crippen LogP contribution is 2.29. The lowest BCUT2D eigenvalue weighted by molar-refractivity contribution is -0.103. The summed E-state index contributed by atoms with van der Waals surface area (Å²) in [7, 11) is 0. The quantitative estimate of drug-likeness (QED) is 0.823. The van der Waals surface area contributed by atoms with Crippen LogP contribution in [-0.4, -0.2) is 35.3 Å². The molecule has 0 amide bonds. The van der Waals surface area contributed by atoms with Gasteiger partial charge in [-0.05, 0) is 52.2 Å². The van der Waals surface area contributed by atoms with Crippen LogP contribution in [0.1, 0.15) is 46.5 Å². The van der Waals surface area contributed by atoms with Crippen LogP contribution >= 0.6 is 11.8 Å². The molecule has 3 heteroatoms. The Morgan fingerprint density at radius 3 is 2.50 bits per heavy atom. The Hall–Kier alpha value is 0.270. The number of hydrogen-bond acceptors (Lipinski definition) is 3. The van der Waals surface area contributed by atoms with Crippen LogP contribution in [0.15, 0.2) is 0 Å². The first-order valence-corrected chi connectivity index (χ1v) is 7.70. The zero-order valence-corrected chi connectivity index (χ0v) is 11.6. The summed E-state index contributed by atoms with van der Waals surface area (Å²) in [6, 6.07) is 1.48. The molecule has 2 rings (SSSR count). The van der Waals surface area contributed by atoms with E-state index in [1.807, 2.05) is 0 Å². The molecule has 1 unspecified atom stereocenters. The SMILES string of the molecule is CC(C)(C)OC1CC(NC2CCCSC2)C1. The molecular formula is C13H25NOS. The standard InChI is InChI=1S/C13H25NOS/c1-13(2,3)15-12-7-11(8-12)14-10-5-4-6-16-9-10/h10-12,14H,4-9H2,1-3H3. The van der Waals surface area contributed by atoms with E-state index in [0.29, 0.717) is 6.10 Å². The molecule has 1 atom stereocenters. The lowest BCUT2D eigenvalue weighted by Gasteiger charge is -2.41. The minimum absolute atomic E-state index is 0.0241. The molecule has 0 aromatic carbocycles. The Bertz CT molecular complexity index is 214. The smallest absolute Gasteiger partial charge is 0.0612 e. The van der Waals surface area contributed by atoms with Crippen LogP contribution < -0.4 is 5.32 Å². The number of thioether (sulfide) groups is 1. The first-order valence-electron chi connectivity index (χ1n) is 6.54. The molecule has 94 valence electrons. The van der Waals surface area contributed by atoms with Gasteiger partial charge in [0, 0.05) is 17.8 Å². The predicted octanol–water partition coefficient (Wildman–Crippen LogP) is 2.82. The summed E-state index contributed by atoms with van der Waals surface area (Å²) in [4.78, 5) is 0. The molecule has 2 aliphatic rings. The second-order valence-electron chi connectivity index (χ2n) is 6.10. The van der Waals surface area contributed by atoms with E-state index < -0.39 is 0 Å². The maximum Gasteiger partial charge on any atom is 0.0612 e. The molecule has 1 aliphatic heterocycles. The van der Waals surface area contributed by atoms with Gasteiger partial charge in [0.15, 0.2) is 0 Å². The van der Waals surface area contributed by atoms with E-state index in [1.54, 1.807) is 0 Å². The molecule has 0 radical (unpaired) electrons. The second kappa shape index (κ2) is 5.28. The van der Waals surface area contributed by atoms with E-state index in [-0.39, 0.29) is 5.60 Å². The van der Waals surface area contributed by atoms with Crippen LogP contribution in [0.2, 0.25) is 0 Å². The monoisotopic (exact) mass is 243 g/mol. The number of hydrogen-bond donors (Lipinski definition) is 1. The third-order valence-corrected chi connectivity index (χ3v) is 4.46. The van der Waals surface area contributed by atoms with Gasteiger partial charge in [0.05, 0.1) is 11.7 Å². The Morgan fingerprint density at radius 2 is 1.94 bits per heavy atom. The van der Waals surface area contributed by atoms with E-state index in [0.717, 1.165) is 12.1 Å². The van der Waals surface area contributed by atoms with Gasteiger partial charge in [0.2, 0.25) is 0 Å². The zero-order chi connectivity index (χ0) is 11.6. The molecule has 1 heterocycles. The maximum absolute atomic E-state index is 5.95. The summed E-state index contributed by atoms with van der Waals surface area (Å²) in [5.41, 5.74) is 0.0241. The van der Waals surface area contributed by atoms with Crippen LogP contribution in [0.5, 0.6) is 0 Å². The van der Waals surface area contributed by atoms with Gasteiger partial charge in [-0.2, -0.15) is 11.8 Å². The normalized spacial score (nSPS) is 35.8. The first kappa shape index (κ1) is 12.7. The van der Waals surface area contributed by atoms with Crippen LogP contribution in [0.25, 0.3) is 0 Å². The molecular weight excluding hydrogens is 218 g/mol. The van der Waals surface area contributed by atoms with Gasteiger partial charge in [-0.15, -0.1) is 0 Å². The average Bonchev–Trinajstić information content (AvgIpc) is 2.14. The molecule has 1 saturated heterocycles. The summed E-state index contributed by atoms with van der Waals surface area (Å²) in [6.45, 7) is 6.43. The fourth-order valence-electron chi connectivity index (χ4n) is 2.50. The van der Waals surface area contributed by atoms with Crippen molar-refractivity contribution in [3.05, 3.63) is 0 Å². The summed E-state index contributed by atoms with van der Waals surface area (Å²) in [6.07, 6.45) is 5.66. The molecule has 0 bridgehead atoms. The minimum Gasteiger partial charge on any atom is -0.373 e. The van der Waals surface area contributed by atoms with Crippen molar-refractivity contribution in [2.24, 2.45) is 0 Å². The van der Waals surface area contributed by atoms with Gasteiger partial charge in [-0.1, -0.05) is 0 Å². The molecule has 0 aromatic rings. The topological polar surface area (TPSA) is 21.3 Å². The van der Waals surface area contributed by atoms with E-state index >= 15 is 0 Å². The predicted molar refractivity (Wildman–Crippen MR) is 71.1 cm³/mol. The van der Waals surface area contributed by atoms with Crippen molar-refractivity contribution >= 4 is 11.8 Å². The molecule has 1 N–H and O–H groups in total. The zero-order valence-electron chi connectivity index (χ0n) is 10.8. The van der Waals surface area contributed by atoms with Gasteiger partial charge < -0.3 is 10.1 Å². The van der Waals surface area contributed by atoms with Crippen LogP contribution in [-0.2, 0) is 4.74 Å². The lowest BCUT2D eigenvalue weighted by atomic mass is 9.87. The highest BCUT2D eigenvalue weighted by atomic mass is 32.2. The van der Waals surface area contributed by atoms with Crippen molar-refractivity contribution in [2.75, 3.05) is 11.5 Å². The summed E-state index contributed by atoms with van der Waals surface area (Å²) in [5, 5.41) is 3.77. The molecule has 2 fully saturated rings. The van der Waals surface area contributed by atoms with Crippen molar-refractivity contribution in [1.82, 2.24) is 5.32 Å². The third-order valence-electron chi connectivity index (χ3n) is 3.25. The fraction of sp³-hybridized carbons (Fsp3) is 1.00. The van der Waals surface area contributed by atoms with Crippen molar-refractivity contribution < 1.29 is 4.74 Å². The number of rotatable bonds is 3. The molecule has 2 nitrogen and oxygen atoms in total. The number of nitrogens with one attached hydrogen (secondary N) is 1. The van der Waals surface area contributed by atoms with Crippen molar-refractivity contribution in [3.63, 3.8) is 0 Å². The fourth-order valence-corrected chi connectivity index (χ4v) is 3.59. The lowest BCUT2D eigenvalue weighted by Crippen LogP contribution is -2.52. The van der Waals surface area contributed by atoms with Gasteiger partial charge in [-0.25, -0.2) is 0 Å². The average molecular weight is 243 g/mol. The Kier molecular flexibility index (Phi) is 4.20.